The van der Waals surface area contributed by atoms with E-state index in [0.29, 0.717) is 23.7 Å². The lowest BCUT2D eigenvalue weighted by molar-refractivity contribution is -0.124. The van der Waals surface area contributed by atoms with Gasteiger partial charge in [0.1, 0.15) is 5.56 Å². The van der Waals surface area contributed by atoms with E-state index in [1.165, 1.54) is 27.4 Å². The molecule has 0 fully saturated rings. The number of hydrogen-bond acceptors (Lipinski definition) is 6. The SMILES string of the molecule is COc1ccc(C(=O)OCC(=O)NCCc2ccc(Cl)cc2)c(OC)c1OC. The molecule has 0 aliphatic heterocycles. The Hall–Kier alpha value is -2.93. The van der Waals surface area contributed by atoms with Crippen molar-refractivity contribution in [2.45, 2.75) is 6.42 Å². The number of rotatable bonds is 9. The summed E-state index contributed by atoms with van der Waals surface area (Å²) in [5.41, 5.74) is 1.17. The van der Waals surface area contributed by atoms with Crippen LogP contribution < -0.4 is 19.5 Å². The van der Waals surface area contributed by atoms with E-state index in [-0.39, 0.29) is 17.1 Å². The van der Waals surface area contributed by atoms with Gasteiger partial charge >= 0.3 is 5.97 Å². The van der Waals surface area contributed by atoms with Crippen molar-refractivity contribution in [1.29, 1.82) is 0 Å². The Morgan fingerprint density at radius 3 is 2.21 bits per heavy atom. The van der Waals surface area contributed by atoms with Gasteiger partial charge in [-0.3, -0.25) is 4.79 Å². The number of nitrogens with one attached hydrogen (secondary N) is 1. The second-order valence-corrected chi connectivity index (χ2v) is 6.12. The topological polar surface area (TPSA) is 83.1 Å². The molecule has 0 heterocycles. The number of benzene rings is 2. The van der Waals surface area contributed by atoms with E-state index >= 15 is 0 Å². The summed E-state index contributed by atoms with van der Waals surface area (Å²) >= 11 is 5.83. The van der Waals surface area contributed by atoms with Gasteiger partial charge in [-0.1, -0.05) is 23.7 Å². The summed E-state index contributed by atoms with van der Waals surface area (Å²) < 4.78 is 20.7. The predicted octanol–water partition coefficient (Wildman–Crippen LogP) is 2.88. The largest absolute Gasteiger partial charge is 0.493 e. The zero-order valence-electron chi connectivity index (χ0n) is 15.9. The van der Waals surface area contributed by atoms with Gasteiger partial charge < -0.3 is 24.3 Å². The second kappa shape index (κ2) is 10.4. The molecule has 8 heteroatoms. The molecule has 0 bridgehead atoms. The lowest BCUT2D eigenvalue weighted by atomic mass is 10.1. The summed E-state index contributed by atoms with van der Waals surface area (Å²) in [5, 5.41) is 3.35. The van der Waals surface area contributed by atoms with E-state index in [2.05, 4.69) is 5.32 Å². The maximum atomic E-state index is 12.3. The standard InChI is InChI=1S/C20H22ClNO6/c1-25-16-9-8-15(18(26-2)19(16)27-3)20(24)28-12-17(23)22-11-10-13-4-6-14(21)7-5-13/h4-9H,10-12H2,1-3H3,(H,22,23). The summed E-state index contributed by atoms with van der Waals surface area (Å²) in [5.74, 6) is -0.245. The van der Waals surface area contributed by atoms with Crippen molar-refractivity contribution in [1.82, 2.24) is 5.32 Å². The molecular formula is C20H22ClNO6. The molecule has 28 heavy (non-hydrogen) atoms. The van der Waals surface area contributed by atoms with Crippen LogP contribution in [-0.2, 0) is 16.0 Å². The summed E-state index contributed by atoms with van der Waals surface area (Å²) in [6.07, 6.45) is 0.639. The van der Waals surface area contributed by atoms with Gasteiger partial charge in [-0.05, 0) is 36.2 Å². The summed E-state index contributed by atoms with van der Waals surface area (Å²) in [6, 6.07) is 10.4. The summed E-state index contributed by atoms with van der Waals surface area (Å²) in [7, 11) is 4.31. The van der Waals surface area contributed by atoms with Crippen LogP contribution in [0.5, 0.6) is 17.2 Å². The van der Waals surface area contributed by atoms with Crippen LogP contribution >= 0.6 is 11.6 Å². The molecule has 150 valence electrons. The minimum absolute atomic E-state index is 0.133. The average Bonchev–Trinajstić information content (AvgIpc) is 2.72. The van der Waals surface area contributed by atoms with Crippen molar-refractivity contribution in [2.75, 3.05) is 34.5 Å². The monoisotopic (exact) mass is 407 g/mol. The van der Waals surface area contributed by atoms with Gasteiger partial charge in [-0.25, -0.2) is 4.79 Å². The lowest BCUT2D eigenvalue weighted by Gasteiger charge is -2.15. The van der Waals surface area contributed by atoms with E-state index in [1.54, 1.807) is 18.2 Å². The van der Waals surface area contributed by atoms with Crippen LogP contribution in [0.15, 0.2) is 36.4 Å². The quantitative estimate of drug-likeness (QED) is 0.643. The minimum atomic E-state index is -0.703. The average molecular weight is 408 g/mol. The Bertz CT molecular complexity index is 822. The van der Waals surface area contributed by atoms with Gasteiger partial charge in [0.2, 0.25) is 5.75 Å². The highest BCUT2D eigenvalue weighted by Gasteiger charge is 2.22. The van der Waals surface area contributed by atoms with E-state index in [9.17, 15) is 9.59 Å². The van der Waals surface area contributed by atoms with E-state index in [1.807, 2.05) is 12.1 Å². The lowest BCUT2D eigenvalue weighted by Crippen LogP contribution is -2.30. The van der Waals surface area contributed by atoms with Gasteiger partial charge in [0.15, 0.2) is 18.1 Å². The van der Waals surface area contributed by atoms with Crippen molar-refractivity contribution in [2.24, 2.45) is 0 Å². The maximum Gasteiger partial charge on any atom is 0.342 e. The number of halogens is 1. The van der Waals surface area contributed by atoms with Crippen molar-refractivity contribution in [3.05, 3.63) is 52.5 Å². The third kappa shape index (κ3) is 5.53. The molecule has 2 aromatic carbocycles. The smallest absolute Gasteiger partial charge is 0.342 e. The van der Waals surface area contributed by atoms with Crippen LogP contribution in [0.4, 0.5) is 0 Å². The first-order valence-corrected chi connectivity index (χ1v) is 8.85. The molecular weight excluding hydrogens is 386 g/mol. The normalized spacial score (nSPS) is 10.1. The molecule has 2 rings (SSSR count). The van der Waals surface area contributed by atoms with Crippen molar-refractivity contribution in [3.8, 4) is 17.2 Å². The number of carbonyl (C=O) groups is 2. The van der Waals surface area contributed by atoms with E-state index in [4.69, 9.17) is 30.5 Å². The first-order valence-electron chi connectivity index (χ1n) is 8.47. The molecule has 2 aromatic rings. The minimum Gasteiger partial charge on any atom is -0.493 e. The van der Waals surface area contributed by atoms with Gasteiger partial charge in [-0.2, -0.15) is 0 Å². The van der Waals surface area contributed by atoms with Crippen molar-refractivity contribution >= 4 is 23.5 Å². The molecule has 7 nitrogen and oxygen atoms in total. The third-order valence-electron chi connectivity index (χ3n) is 3.91. The number of ether oxygens (including phenoxy) is 4. The molecule has 1 amide bonds. The molecule has 0 unspecified atom stereocenters. The van der Waals surface area contributed by atoms with Crippen molar-refractivity contribution < 1.29 is 28.5 Å². The fourth-order valence-electron chi connectivity index (χ4n) is 2.52. The first kappa shape index (κ1) is 21.4. The van der Waals surface area contributed by atoms with E-state index < -0.39 is 18.5 Å². The van der Waals surface area contributed by atoms with Gasteiger partial charge in [0.05, 0.1) is 21.3 Å². The number of methoxy groups -OCH3 is 3. The maximum absolute atomic E-state index is 12.3. The number of carbonyl (C=O) groups excluding carboxylic acids is 2. The second-order valence-electron chi connectivity index (χ2n) is 5.68. The number of amides is 1. The molecule has 0 saturated heterocycles. The zero-order valence-corrected chi connectivity index (χ0v) is 16.7. The Balaban J connectivity index is 1.89. The molecule has 1 N–H and O–H groups in total. The highest BCUT2D eigenvalue weighted by molar-refractivity contribution is 6.30. The Morgan fingerprint density at radius 2 is 1.61 bits per heavy atom. The molecule has 0 aliphatic carbocycles. The van der Waals surface area contributed by atoms with Crippen LogP contribution in [0.1, 0.15) is 15.9 Å². The predicted molar refractivity (Wildman–Crippen MR) is 105 cm³/mol. The molecule has 0 aliphatic rings. The first-order chi connectivity index (χ1) is 13.5. The Kier molecular flexibility index (Phi) is 7.95. The summed E-state index contributed by atoms with van der Waals surface area (Å²) in [4.78, 5) is 24.2. The number of hydrogen-bond donors (Lipinski definition) is 1. The molecule has 0 spiro atoms. The fraction of sp³-hybridized carbons (Fsp3) is 0.300. The third-order valence-corrected chi connectivity index (χ3v) is 4.16. The number of esters is 1. The Labute approximate surface area is 168 Å². The van der Waals surface area contributed by atoms with Gasteiger partial charge in [0, 0.05) is 11.6 Å². The van der Waals surface area contributed by atoms with Gasteiger partial charge in [0.25, 0.3) is 5.91 Å². The highest BCUT2D eigenvalue weighted by Crippen LogP contribution is 2.39. The highest BCUT2D eigenvalue weighted by atomic mass is 35.5. The van der Waals surface area contributed by atoms with Crippen LogP contribution in [-0.4, -0.2) is 46.4 Å². The van der Waals surface area contributed by atoms with Crippen LogP contribution in [0.3, 0.4) is 0 Å². The molecule has 0 radical (unpaired) electrons. The molecule has 0 saturated carbocycles. The van der Waals surface area contributed by atoms with Crippen molar-refractivity contribution in [3.63, 3.8) is 0 Å². The van der Waals surface area contributed by atoms with Crippen LogP contribution in [0.25, 0.3) is 0 Å². The molecule has 0 atom stereocenters. The summed E-state index contributed by atoms with van der Waals surface area (Å²) in [6.45, 7) is 0.00858. The molecule has 0 aromatic heterocycles. The van der Waals surface area contributed by atoms with E-state index in [0.717, 1.165) is 5.56 Å². The fourth-order valence-corrected chi connectivity index (χ4v) is 2.65. The van der Waals surface area contributed by atoms with Crippen LogP contribution in [0, 0.1) is 0 Å². The van der Waals surface area contributed by atoms with Gasteiger partial charge in [-0.15, -0.1) is 0 Å². The van der Waals surface area contributed by atoms with Crippen LogP contribution in [0.2, 0.25) is 5.02 Å². The Morgan fingerprint density at radius 1 is 0.929 bits per heavy atom. The zero-order chi connectivity index (χ0) is 20.5.